The minimum atomic E-state index is -1.07. The van der Waals surface area contributed by atoms with E-state index < -0.39 is 12.6 Å². The molecule has 11 heteroatoms. The number of ether oxygens (including phenoxy) is 2. The number of carbonyl (C=O) groups excluding carboxylic acids is 1. The van der Waals surface area contributed by atoms with Crippen LogP contribution in [0.1, 0.15) is 10.4 Å². The van der Waals surface area contributed by atoms with Gasteiger partial charge in [0, 0.05) is 20.9 Å². The quantitative estimate of drug-likeness (QED) is 0.329. The molecule has 10 nitrogen and oxygen atoms in total. The van der Waals surface area contributed by atoms with Gasteiger partial charge in [-0.05, 0) is 65.0 Å². The van der Waals surface area contributed by atoms with Crippen molar-refractivity contribution in [1.82, 2.24) is 20.6 Å². The van der Waals surface area contributed by atoms with E-state index in [1.54, 1.807) is 37.4 Å². The molecule has 0 bridgehead atoms. The number of H-pyrrole nitrogens is 1. The maximum atomic E-state index is 12.8. The highest BCUT2D eigenvalue weighted by Crippen LogP contribution is 2.40. The molecule has 0 saturated heterocycles. The molecule has 0 unspecified atom stereocenters. The van der Waals surface area contributed by atoms with Crippen LogP contribution in [-0.4, -0.2) is 51.3 Å². The minimum Gasteiger partial charge on any atom is -0.497 e. The Morgan fingerprint density at radius 2 is 1.79 bits per heavy atom. The number of para-hydroxylation sites is 1. The molecule has 4 aromatic rings. The molecule has 3 N–H and O–H groups in total. The maximum Gasteiger partial charge on any atom is 0.341 e. The molecule has 34 heavy (non-hydrogen) atoms. The number of amides is 1. The van der Waals surface area contributed by atoms with Crippen molar-refractivity contribution in [3.63, 3.8) is 0 Å². The largest absolute Gasteiger partial charge is 0.497 e. The number of carboxylic acids is 1. The number of rotatable bonds is 9. The third kappa shape index (κ3) is 5.51. The van der Waals surface area contributed by atoms with E-state index in [2.05, 4.69) is 25.9 Å². The SMILES string of the molecule is COc1ccc(-c2nnn[nH]2)c(Sc2ccccc2NC(=O)c2ccc(OCC(=O)O)cc2)c1. The van der Waals surface area contributed by atoms with Gasteiger partial charge in [-0.15, -0.1) is 5.10 Å². The second-order valence-corrected chi connectivity index (χ2v) is 7.95. The molecule has 0 spiro atoms. The number of anilines is 1. The standard InChI is InChI=1S/C23H19N5O5S/c1-32-16-10-11-17(22-25-27-28-26-22)20(12-16)34-19-5-3-2-4-18(19)24-23(31)14-6-8-15(9-7-14)33-13-21(29)30/h2-12H,13H2,1H3,(H,24,31)(H,29,30)(H,25,26,27,28). The summed E-state index contributed by atoms with van der Waals surface area (Å²) in [6.07, 6.45) is 0. The fourth-order valence-electron chi connectivity index (χ4n) is 3.00. The minimum absolute atomic E-state index is 0.317. The van der Waals surface area contributed by atoms with E-state index in [1.165, 1.54) is 11.8 Å². The van der Waals surface area contributed by atoms with E-state index >= 15 is 0 Å². The Kier molecular flexibility index (Phi) is 7.04. The van der Waals surface area contributed by atoms with Crippen LogP contribution in [0.15, 0.2) is 76.5 Å². The molecule has 172 valence electrons. The summed E-state index contributed by atoms with van der Waals surface area (Å²) in [5, 5.41) is 25.7. The van der Waals surface area contributed by atoms with Crippen molar-refractivity contribution in [2.45, 2.75) is 9.79 Å². The van der Waals surface area contributed by atoms with E-state index in [4.69, 9.17) is 14.6 Å². The van der Waals surface area contributed by atoms with Crippen LogP contribution in [0.25, 0.3) is 11.4 Å². The lowest BCUT2D eigenvalue weighted by atomic mass is 10.2. The summed E-state index contributed by atoms with van der Waals surface area (Å²) in [4.78, 5) is 25.1. The number of nitrogens with zero attached hydrogens (tertiary/aromatic N) is 3. The summed E-state index contributed by atoms with van der Waals surface area (Å²) in [5.41, 5.74) is 1.80. The molecular formula is C23H19N5O5S. The van der Waals surface area contributed by atoms with Gasteiger partial charge in [-0.2, -0.15) is 0 Å². The fraction of sp³-hybridized carbons (Fsp3) is 0.0870. The Labute approximate surface area is 198 Å². The molecule has 4 rings (SSSR count). The molecule has 0 aliphatic carbocycles. The van der Waals surface area contributed by atoms with Gasteiger partial charge in [-0.25, -0.2) is 9.89 Å². The van der Waals surface area contributed by atoms with E-state index in [0.717, 1.165) is 15.4 Å². The highest BCUT2D eigenvalue weighted by Gasteiger charge is 2.15. The smallest absolute Gasteiger partial charge is 0.341 e. The van der Waals surface area contributed by atoms with Crippen LogP contribution in [0.5, 0.6) is 11.5 Å². The van der Waals surface area contributed by atoms with Crippen LogP contribution < -0.4 is 14.8 Å². The Hall–Kier alpha value is -4.38. The summed E-state index contributed by atoms with van der Waals surface area (Å²) < 4.78 is 10.5. The monoisotopic (exact) mass is 477 g/mol. The molecular weight excluding hydrogens is 458 g/mol. The molecule has 1 heterocycles. The topological polar surface area (TPSA) is 139 Å². The zero-order valence-electron chi connectivity index (χ0n) is 17.9. The summed E-state index contributed by atoms with van der Waals surface area (Å²) >= 11 is 1.43. The van der Waals surface area contributed by atoms with Crippen molar-refractivity contribution < 1.29 is 24.2 Å². The molecule has 0 aliphatic rings. The zero-order chi connectivity index (χ0) is 23.9. The van der Waals surface area contributed by atoms with Gasteiger partial charge in [0.1, 0.15) is 11.5 Å². The first-order chi connectivity index (χ1) is 16.5. The van der Waals surface area contributed by atoms with E-state index in [0.29, 0.717) is 28.6 Å². The van der Waals surface area contributed by atoms with Crippen molar-refractivity contribution in [2.75, 3.05) is 19.0 Å². The van der Waals surface area contributed by atoms with Gasteiger partial charge in [0.05, 0.1) is 12.8 Å². The Morgan fingerprint density at radius 3 is 2.50 bits per heavy atom. The molecule has 1 aromatic heterocycles. The van der Waals surface area contributed by atoms with Crippen LogP contribution in [-0.2, 0) is 4.79 Å². The first-order valence-corrected chi connectivity index (χ1v) is 10.8. The van der Waals surface area contributed by atoms with Crippen LogP contribution in [0.3, 0.4) is 0 Å². The highest BCUT2D eigenvalue weighted by atomic mass is 32.2. The summed E-state index contributed by atoms with van der Waals surface area (Å²) in [7, 11) is 1.59. The average molecular weight is 478 g/mol. The number of hydrogen-bond acceptors (Lipinski definition) is 8. The summed E-state index contributed by atoms with van der Waals surface area (Å²) in [6.45, 7) is -0.452. The van der Waals surface area contributed by atoms with Crippen molar-refractivity contribution in [1.29, 1.82) is 0 Å². The van der Waals surface area contributed by atoms with Crippen molar-refractivity contribution in [3.05, 3.63) is 72.3 Å². The number of methoxy groups -OCH3 is 1. The van der Waals surface area contributed by atoms with Crippen molar-refractivity contribution in [3.8, 4) is 22.9 Å². The fourth-order valence-corrected chi connectivity index (χ4v) is 4.06. The Bertz CT molecular complexity index is 1300. The van der Waals surface area contributed by atoms with Crippen LogP contribution in [0.2, 0.25) is 0 Å². The number of aliphatic carboxylic acids is 1. The molecule has 3 aromatic carbocycles. The second kappa shape index (κ2) is 10.5. The third-order valence-corrected chi connectivity index (χ3v) is 5.76. The van der Waals surface area contributed by atoms with Gasteiger partial charge >= 0.3 is 5.97 Å². The van der Waals surface area contributed by atoms with E-state index in [9.17, 15) is 9.59 Å². The molecule has 1 amide bonds. The number of benzene rings is 3. The molecule has 0 saturated carbocycles. The predicted molar refractivity (Wildman–Crippen MR) is 124 cm³/mol. The van der Waals surface area contributed by atoms with Crippen LogP contribution in [0, 0.1) is 0 Å². The van der Waals surface area contributed by atoms with Gasteiger partial charge in [0.15, 0.2) is 12.4 Å². The lowest BCUT2D eigenvalue weighted by molar-refractivity contribution is -0.139. The average Bonchev–Trinajstić information content (AvgIpc) is 3.39. The van der Waals surface area contributed by atoms with Crippen LogP contribution in [0.4, 0.5) is 5.69 Å². The van der Waals surface area contributed by atoms with Crippen LogP contribution >= 0.6 is 11.8 Å². The lowest BCUT2D eigenvalue weighted by Gasteiger charge is -2.13. The van der Waals surface area contributed by atoms with Crippen molar-refractivity contribution in [2.24, 2.45) is 0 Å². The number of tetrazole rings is 1. The number of nitrogens with one attached hydrogen (secondary N) is 2. The van der Waals surface area contributed by atoms with Gasteiger partial charge in [0.25, 0.3) is 5.91 Å². The number of aromatic nitrogens is 4. The molecule has 0 aliphatic heterocycles. The van der Waals surface area contributed by atoms with Gasteiger partial charge in [-0.3, -0.25) is 4.79 Å². The molecule has 0 radical (unpaired) electrons. The lowest BCUT2D eigenvalue weighted by Crippen LogP contribution is -2.13. The number of aromatic amines is 1. The zero-order valence-corrected chi connectivity index (χ0v) is 18.7. The second-order valence-electron chi connectivity index (χ2n) is 6.87. The highest BCUT2D eigenvalue weighted by molar-refractivity contribution is 7.99. The van der Waals surface area contributed by atoms with Crippen molar-refractivity contribution >= 4 is 29.3 Å². The number of hydrogen-bond donors (Lipinski definition) is 3. The maximum absolute atomic E-state index is 12.8. The molecule has 0 atom stereocenters. The van der Waals surface area contributed by atoms with E-state index in [1.807, 2.05) is 36.4 Å². The van der Waals surface area contributed by atoms with Gasteiger partial charge in [-0.1, -0.05) is 23.9 Å². The summed E-state index contributed by atoms with van der Waals surface area (Å²) in [6, 6.07) is 19.2. The molecule has 0 fully saturated rings. The normalized spacial score (nSPS) is 10.5. The van der Waals surface area contributed by atoms with Gasteiger partial charge in [0.2, 0.25) is 0 Å². The first kappa shape index (κ1) is 22.8. The number of carboxylic acid groups (broad SMARTS) is 1. The predicted octanol–water partition coefficient (Wildman–Crippen LogP) is 3.74. The third-order valence-electron chi connectivity index (χ3n) is 4.62. The Morgan fingerprint density at radius 1 is 1.03 bits per heavy atom. The van der Waals surface area contributed by atoms with Gasteiger partial charge < -0.3 is 19.9 Å². The Balaban J connectivity index is 1.55. The number of carbonyl (C=O) groups is 2. The van der Waals surface area contributed by atoms with E-state index in [-0.39, 0.29) is 5.91 Å². The first-order valence-electron chi connectivity index (χ1n) is 9.98. The summed E-state index contributed by atoms with van der Waals surface area (Å²) in [5.74, 6) is 0.155.